The molecule has 0 aliphatic carbocycles. The monoisotopic (exact) mass is 411 g/mol. The number of piperazine rings is 1. The molecule has 1 unspecified atom stereocenters. The zero-order valence-corrected chi connectivity index (χ0v) is 16.9. The van der Waals surface area contributed by atoms with Crippen LogP contribution >= 0.6 is 36.4 Å². The number of hydrogen-bond acceptors (Lipinski definition) is 4. The van der Waals surface area contributed by atoms with Crippen LogP contribution in [0.15, 0.2) is 24.3 Å². The molecule has 2 N–H and O–H groups in total. The maximum Gasteiger partial charge on any atom is 0.222 e. The number of amides is 1. The molecule has 0 radical (unpaired) electrons. The van der Waals surface area contributed by atoms with E-state index in [0.29, 0.717) is 18.1 Å². The molecule has 144 valence electrons. The number of hydrogen-bond donors (Lipinski definition) is 1. The third-order valence-corrected chi connectivity index (χ3v) is 4.28. The maximum atomic E-state index is 12.1. The number of halogens is 3. The summed E-state index contributed by atoms with van der Waals surface area (Å²) in [5.41, 5.74) is 5.70. The lowest BCUT2D eigenvalue weighted by molar-refractivity contribution is -0.133. The van der Waals surface area contributed by atoms with E-state index in [4.69, 9.17) is 22.1 Å². The molecule has 1 amide bonds. The second-order valence-electron chi connectivity index (χ2n) is 6.04. The highest BCUT2D eigenvalue weighted by atomic mass is 35.5. The lowest BCUT2D eigenvalue weighted by Crippen LogP contribution is -2.49. The average Bonchev–Trinajstić information content (AvgIpc) is 2.55. The molecule has 1 aliphatic rings. The summed E-state index contributed by atoms with van der Waals surface area (Å²) in [6.45, 7) is 6.82. The zero-order chi connectivity index (χ0) is 16.7. The fourth-order valence-electron chi connectivity index (χ4n) is 2.55. The van der Waals surface area contributed by atoms with E-state index in [1.165, 1.54) is 0 Å². The lowest BCUT2D eigenvalue weighted by atomic mass is 10.1. The Morgan fingerprint density at radius 1 is 1.20 bits per heavy atom. The summed E-state index contributed by atoms with van der Waals surface area (Å²) in [5, 5.41) is 0.710. The second-order valence-corrected chi connectivity index (χ2v) is 6.48. The Kier molecular flexibility index (Phi) is 12.2. The Hall–Kier alpha value is -0.720. The molecule has 1 atom stereocenters. The first-order valence-electron chi connectivity index (χ1n) is 8.18. The molecule has 25 heavy (non-hydrogen) atoms. The fourth-order valence-corrected chi connectivity index (χ4v) is 2.68. The van der Waals surface area contributed by atoms with Crippen LogP contribution in [0.1, 0.15) is 19.8 Å². The van der Waals surface area contributed by atoms with Gasteiger partial charge in [0.2, 0.25) is 5.91 Å². The number of nitrogens with zero attached hydrogens (tertiary/aromatic N) is 2. The molecule has 0 aromatic heterocycles. The Morgan fingerprint density at radius 3 is 2.36 bits per heavy atom. The van der Waals surface area contributed by atoms with E-state index in [2.05, 4.69) is 4.90 Å². The summed E-state index contributed by atoms with van der Waals surface area (Å²) in [6.07, 6.45) is 1.31. The second kappa shape index (κ2) is 12.6. The summed E-state index contributed by atoms with van der Waals surface area (Å²) < 4.78 is 5.71. The van der Waals surface area contributed by atoms with Crippen molar-refractivity contribution in [2.24, 2.45) is 5.73 Å². The summed E-state index contributed by atoms with van der Waals surface area (Å²) in [5.74, 6) is 1.05. The normalized spacial score (nSPS) is 15.7. The molecular formula is C17H28Cl3N3O2. The van der Waals surface area contributed by atoms with E-state index in [1.807, 2.05) is 36.1 Å². The Balaban J connectivity index is 0.00000288. The average molecular weight is 413 g/mol. The van der Waals surface area contributed by atoms with Crippen molar-refractivity contribution in [3.05, 3.63) is 29.3 Å². The van der Waals surface area contributed by atoms with Gasteiger partial charge in [-0.15, -0.1) is 24.8 Å². The van der Waals surface area contributed by atoms with Gasteiger partial charge >= 0.3 is 0 Å². The van der Waals surface area contributed by atoms with E-state index < -0.39 is 0 Å². The summed E-state index contributed by atoms with van der Waals surface area (Å²) >= 11 is 5.84. The van der Waals surface area contributed by atoms with E-state index in [0.717, 1.165) is 44.9 Å². The van der Waals surface area contributed by atoms with Crippen LogP contribution in [-0.2, 0) is 4.79 Å². The van der Waals surface area contributed by atoms with Gasteiger partial charge in [-0.3, -0.25) is 9.69 Å². The lowest BCUT2D eigenvalue weighted by Gasteiger charge is -2.34. The van der Waals surface area contributed by atoms with E-state index in [-0.39, 0.29) is 36.8 Å². The van der Waals surface area contributed by atoms with Gasteiger partial charge in [0.1, 0.15) is 12.4 Å². The van der Waals surface area contributed by atoms with E-state index >= 15 is 0 Å². The third-order valence-electron chi connectivity index (χ3n) is 4.03. The molecule has 1 saturated heterocycles. The van der Waals surface area contributed by atoms with Crippen LogP contribution in [-0.4, -0.2) is 61.1 Å². The van der Waals surface area contributed by atoms with Crippen molar-refractivity contribution in [3.8, 4) is 5.75 Å². The van der Waals surface area contributed by atoms with Crippen LogP contribution in [0.5, 0.6) is 5.75 Å². The SMILES string of the molecule is CC(N)CCC(=O)N1CCN(CCOc2ccc(Cl)cc2)CC1.Cl.Cl. The number of ether oxygens (including phenoxy) is 1. The molecule has 1 aliphatic heterocycles. The molecule has 0 bridgehead atoms. The van der Waals surface area contributed by atoms with Crippen LogP contribution in [0, 0.1) is 0 Å². The van der Waals surface area contributed by atoms with E-state index in [1.54, 1.807) is 0 Å². The number of benzene rings is 1. The van der Waals surface area contributed by atoms with Crippen LogP contribution in [0.2, 0.25) is 5.02 Å². The van der Waals surface area contributed by atoms with Crippen molar-refractivity contribution < 1.29 is 9.53 Å². The molecule has 0 spiro atoms. The number of nitrogens with two attached hydrogens (primary N) is 1. The predicted molar refractivity (Wildman–Crippen MR) is 107 cm³/mol. The number of rotatable bonds is 7. The van der Waals surface area contributed by atoms with Gasteiger partial charge < -0.3 is 15.4 Å². The minimum Gasteiger partial charge on any atom is -0.492 e. The number of carbonyl (C=O) groups is 1. The number of carbonyl (C=O) groups excluding carboxylic acids is 1. The smallest absolute Gasteiger partial charge is 0.222 e. The van der Waals surface area contributed by atoms with Gasteiger partial charge in [0.15, 0.2) is 0 Å². The van der Waals surface area contributed by atoms with E-state index in [9.17, 15) is 4.79 Å². The van der Waals surface area contributed by atoms with Gasteiger partial charge in [-0.25, -0.2) is 0 Å². The minimum atomic E-state index is 0. The van der Waals surface area contributed by atoms with Gasteiger partial charge in [-0.05, 0) is 37.6 Å². The zero-order valence-electron chi connectivity index (χ0n) is 14.5. The highest BCUT2D eigenvalue weighted by Gasteiger charge is 2.20. The minimum absolute atomic E-state index is 0. The summed E-state index contributed by atoms with van der Waals surface area (Å²) in [7, 11) is 0. The molecular weight excluding hydrogens is 385 g/mol. The highest BCUT2D eigenvalue weighted by molar-refractivity contribution is 6.30. The maximum absolute atomic E-state index is 12.1. The van der Waals surface area contributed by atoms with Crippen molar-refractivity contribution in [1.82, 2.24) is 9.80 Å². The Morgan fingerprint density at radius 2 is 1.80 bits per heavy atom. The molecule has 5 nitrogen and oxygen atoms in total. The molecule has 0 saturated carbocycles. The fraction of sp³-hybridized carbons (Fsp3) is 0.588. The Labute approximate surface area is 167 Å². The molecule has 1 heterocycles. The largest absolute Gasteiger partial charge is 0.492 e. The Bertz CT molecular complexity index is 492. The van der Waals surface area contributed by atoms with Crippen molar-refractivity contribution in [3.63, 3.8) is 0 Å². The van der Waals surface area contributed by atoms with Gasteiger partial charge in [-0.2, -0.15) is 0 Å². The highest BCUT2D eigenvalue weighted by Crippen LogP contribution is 2.15. The first-order valence-corrected chi connectivity index (χ1v) is 8.56. The van der Waals surface area contributed by atoms with Crippen molar-refractivity contribution >= 4 is 42.3 Å². The third kappa shape index (κ3) is 8.97. The van der Waals surface area contributed by atoms with Crippen LogP contribution in [0.3, 0.4) is 0 Å². The molecule has 2 rings (SSSR count). The summed E-state index contributed by atoms with van der Waals surface area (Å²) in [6, 6.07) is 7.48. The molecule has 1 aromatic carbocycles. The van der Waals surface area contributed by atoms with Gasteiger partial charge in [0.05, 0.1) is 0 Å². The quantitative estimate of drug-likeness (QED) is 0.748. The molecule has 1 fully saturated rings. The van der Waals surface area contributed by atoms with Gasteiger partial charge in [0, 0.05) is 50.2 Å². The standard InChI is InChI=1S/C17H26ClN3O2.2ClH/c1-14(19)2-7-17(22)21-10-8-20(9-11-21)12-13-23-16-5-3-15(18)4-6-16;;/h3-6,14H,2,7-13,19H2,1H3;2*1H. The van der Waals surface area contributed by atoms with Crippen LogP contribution in [0.25, 0.3) is 0 Å². The van der Waals surface area contributed by atoms with Crippen LogP contribution in [0.4, 0.5) is 0 Å². The molecule has 8 heteroatoms. The van der Waals surface area contributed by atoms with Gasteiger partial charge in [-0.1, -0.05) is 11.6 Å². The first-order chi connectivity index (χ1) is 11.0. The van der Waals surface area contributed by atoms with Crippen molar-refractivity contribution in [2.75, 3.05) is 39.3 Å². The van der Waals surface area contributed by atoms with Gasteiger partial charge in [0.25, 0.3) is 0 Å². The predicted octanol–water partition coefficient (Wildman–Crippen LogP) is 2.83. The molecule has 1 aromatic rings. The van der Waals surface area contributed by atoms with Crippen LogP contribution < -0.4 is 10.5 Å². The topological polar surface area (TPSA) is 58.8 Å². The first kappa shape index (κ1) is 24.3. The summed E-state index contributed by atoms with van der Waals surface area (Å²) in [4.78, 5) is 16.3. The van der Waals surface area contributed by atoms with Crippen molar-refractivity contribution in [2.45, 2.75) is 25.8 Å². The van der Waals surface area contributed by atoms with Crippen molar-refractivity contribution in [1.29, 1.82) is 0 Å².